The number of rotatable bonds is 2. The Morgan fingerprint density at radius 3 is 2.48 bits per heavy atom. The van der Waals surface area contributed by atoms with Crippen LogP contribution in [0.5, 0.6) is 0 Å². The minimum atomic E-state index is 0.993. The number of thioether (sulfide) groups is 1. The van der Waals surface area contributed by atoms with Crippen molar-refractivity contribution >= 4 is 33.6 Å². The van der Waals surface area contributed by atoms with E-state index >= 15 is 0 Å². The van der Waals surface area contributed by atoms with Crippen LogP contribution in [0.25, 0.3) is 27.5 Å². The molecule has 0 unspecified atom stereocenters. The first-order valence-corrected chi connectivity index (χ1v) is 7.97. The van der Waals surface area contributed by atoms with E-state index < -0.39 is 0 Å². The van der Waals surface area contributed by atoms with Crippen molar-refractivity contribution in [3.8, 4) is 5.69 Å². The van der Waals surface area contributed by atoms with Crippen LogP contribution in [0.2, 0.25) is 0 Å². The fourth-order valence-corrected chi connectivity index (χ4v) is 3.10. The third-order valence-corrected chi connectivity index (χ3v) is 4.24. The van der Waals surface area contributed by atoms with Crippen LogP contribution in [0.15, 0.2) is 65.8 Å². The molecule has 2 aromatic carbocycles. The highest BCUT2D eigenvalue weighted by Gasteiger charge is 2.12. The highest BCUT2D eigenvalue weighted by molar-refractivity contribution is 7.98. The van der Waals surface area contributed by atoms with Gasteiger partial charge in [-0.1, -0.05) is 36.4 Å². The normalized spacial score (nSPS) is 11.3. The highest BCUT2D eigenvalue weighted by Crippen LogP contribution is 2.30. The second-order valence-electron chi connectivity index (χ2n) is 4.81. The molecule has 2 heterocycles. The number of nitrogens with zero attached hydrogens (tertiary/aromatic N) is 3. The van der Waals surface area contributed by atoms with Crippen molar-refractivity contribution in [1.82, 2.24) is 14.8 Å². The van der Waals surface area contributed by atoms with Crippen molar-refractivity contribution in [1.29, 1.82) is 0 Å². The summed E-state index contributed by atoms with van der Waals surface area (Å²) in [7, 11) is 0. The van der Waals surface area contributed by atoms with E-state index in [4.69, 9.17) is 10.1 Å². The van der Waals surface area contributed by atoms with Gasteiger partial charge in [-0.25, -0.2) is 9.67 Å². The molecule has 0 saturated heterocycles. The molecule has 0 aliphatic rings. The molecule has 21 heavy (non-hydrogen) atoms. The number of para-hydroxylation sites is 2. The number of pyridine rings is 1. The first kappa shape index (κ1) is 12.4. The molecule has 0 N–H and O–H groups in total. The van der Waals surface area contributed by atoms with Gasteiger partial charge in [0, 0.05) is 11.6 Å². The lowest BCUT2D eigenvalue weighted by Gasteiger charge is -2.01. The topological polar surface area (TPSA) is 30.7 Å². The summed E-state index contributed by atoms with van der Waals surface area (Å²) in [4.78, 5) is 4.74. The van der Waals surface area contributed by atoms with Gasteiger partial charge in [-0.2, -0.15) is 5.10 Å². The molecule has 4 heteroatoms. The molecule has 2 aromatic heterocycles. The van der Waals surface area contributed by atoms with Gasteiger partial charge in [-0.3, -0.25) is 0 Å². The monoisotopic (exact) mass is 291 g/mol. The molecule has 0 atom stereocenters. The first-order chi connectivity index (χ1) is 10.4. The van der Waals surface area contributed by atoms with Crippen LogP contribution in [-0.4, -0.2) is 21.0 Å². The van der Waals surface area contributed by atoms with Crippen LogP contribution in [-0.2, 0) is 0 Å². The van der Waals surface area contributed by atoms with Crippen molar-refractivity contribution < 1.29 is 0 Å². The minimum absolute atomic E-state index is 0.993. The number of hydrogen-bond acceptors (Lipinski definition) is 3. The standard InChI is InChI=1S/C17H13N3S/c1-21-17-14-11-20(12-7-3-2-4-8-12)19-16(14)13-9-5-6-10-15(13)18-17/h2-11H,1H3. The van der Waals surface area contributed by atoms with Gasteiger partial charge in [-0.05, 0) is 24.5 Å². The molecule has 0 radical (unpaired) electrons. The maximum absolute atomic E-state index is 4.78. The Balaban J connectivity index is 2.08. The number of hydrogen-bond donors (Lipinski definition) is 0. The molecule has 0 aliphatic heterocycles. The van der Waals surface area contributed by atoms with Gasteiger partial charge in [0.2, 0.25) is 0 Å². The lowest BCUT2D eigenvalue weighted by Crippen LogP contribution is -1.92. The Morgan fingerprint density at radius 2 is 1.67 bits per heavy atom. The number of fused-ring (bicyclic) bond motifs is 3. The van der Waals surface area contributed by atoms with E-state index in [1.54, 1.807) is 11.8 Å². The Bertz CT molecular complexity index is 929. The minimum Gasteiger partial charge on any atom is -0.241 e. The van der Waals surface area contributed by atoms with Crippen LogP contribution in [0, 0.1) is 0 Å². The summed E-state index contributed by atoms with van der Waals surface area (Å²) < 4.78 is 1.93. The van der Waals surface area contributed by atoms with Crippen molar-refractivity contribution in [3.05, 3.63) is 60.8 Å². The summed E-state index contributed by atoms with van der Waals surface area (Å²) in [6.07, 6.45) is 4.12. The zero-order valence-corrected chi connectivity index (χ0v) is 12.3. The lowest BCUT2D eigenvalue weighted by atomic mass is 10.2. The summed E-state index contributed by atoms with van der Waals surface area (Å²) in [5.41, 5.74) is 3.06. The van der Waals surface area contributed by atoms with E-state index in [-0.39, 0.29) is 0 Å². The summed E-state index contributed by atoms with van der Waals surface area (Å²) in [5, 5.41) is 8.00. The summed E-state index contributed by atoms with van der Waals surface area (Å²) in [6.45, 7) is 0. The quantitative estimate of drug-likeness (QED) is 0.516. The third-order valence-electron chi connectivity index (χ3n) is 3.54. The largest absolute Gasteiger partial charge is 0.241 e. The predicted octanol–water partition coefficient (Wildman–Crippen LogP) is 4.30. The van der Waals surface area contributed by atoms with Crippen molar-refractivity contribution in [3.63, 3.8) is 0 Å². The van der Waals surface area contributed by atoms with E-state index in [0.717, 1.165) is 32.5 Å². The van der Waals surface area contributed by atoms with Gasteiger partial charge in [0.05, 0.1) is 16.6 Å². The van der Waals surface area contributed by atoms with Crippen LogP contribution >= 0.6 is 11.8 Å². The Kier molecular flexibility index (Phi) is 2.89. The molecule has 4 aromatic rings. The van der Waals surface area contributed by atoms with Crippen LogP contribution in [0.4, 0.5) is 0 Å². The van der Waals surface area contributed by atoms with Gasteiger partial charge >= 0.3 is 0 Å². The second kappa shape index (κ2) is 4.90. The molecule has 0 saturated carbocycles. The van der Waals surface area contributed by atoms with Crippen LogP contribution in [0.3, 0.4) is 0 Å². The van der Waals surface area contributed by atoms with Gasteiger partial charge in [0.1, 0.15) is 10.5 Å². The van der Waals surface area contributed by atoms with E-state index in [1.165, 1.54) is 0 Å². The molecule has 0 amide bonds. The molecular weight excluding hydrogens is 278 g/mol. The predicted molar refractivity (Wildman–Crippen MR) is 88.2 cm³/mol. The van der Waals surface area contributed by atoms with E-state index in [1.807, 2.05) is 41.1 Å². The lowest BCUT2D eigenvalue weighted by molar-refractivity contribution is 0.897. The average molecular weight is 291 g/mol. The van der Waals surface area contributed by atoms with Gasteiger partial charge in [0.25, 0.3) is 0 Å². The highest BCUT2D eigenvalue weighted by atomic mass is 32.2. The molecule has 0 aliphatic carbocycles. The van der Waals surface area contributed by atoms with Gasteiger partial charge in [-0.15, -0.1) is 11.8 Å². The fourth-order valence-electron chi connectivity index (χ4n) is 2.54. The smallest absolute Gasteiger partial charge is 0.107 e. The SMILES string of the molecule is CSc1nc2ccccc2c2nn(-c3ccccc3)cc12. The average Bonchev–Trinajstić information content (AvgIpc) is 3.00. The summed E-state index contributed by atoms with van der Waals surface area (Å²) in [6, 6.07) is 18.3. The second-order valence-corrected chi connectivity index (χ2v) is 5.60. The van der Waals surface area contributed by atoms with Crippen LogP contribution in [0.1, 0.15) is 0 Å². The maximum Gasteiger partial charge on any atom is 0.107 e. The molecule has 0 fully saturated rings. The molecule has 3 nitrogen and oxygen atoms in total. The molecular formula is C17H13N3S. The maximum atomic E-state index is 4.78. The Labute approximate surface area is 126 Å². The zero-order chi connectivity index (χ0) is 14.2. The van der Waals surface area contributed by atoms with Gasteiger partial charge < -0.3 is 0 Å². The van der Waals surface area contributed by atoms with Crippen molar-refractivity contribution in [2.24, 2.45) is 0 Å². The van der Waals surface area contributed by atoms with E-state index in [0.29, 0.717) is 0 Å². The molecule has 0 spiro atoms. The first-order valence-electron chi connectivity index (χ1n) is 6.74. The van der Waals surface area contributed by atoms with Crippen molar-refractivity contribution in [2.75, 3.05) is 6.26 Å². The Hall–Kier alpha value is -2.33. The number of benzene rings is 2. The number of aromatic nitrogens is 3. The zero-order valence-electron chi connectivity index (χ0n) is 11.5. The Morgan fingerprint density at radius 1 is 0.905 bits per heavy atom. The van der Waals surface area contributed by atoms with Gasteiger partial charge in [0.15, 0.2) is 0 Å². The van der Waals surface area contributed by atoms with E-state index in [2.05, 4.69) is 30.7 Å². The van der Waals surface area contributed by atoms with Crippen LogP contribution < -0.4 is 0 Å². The molecule has 4 rings (SSSR count). The molecule has 0 bridgehead atoms. The van der Waals surface area contributed by atoms with E-state index in [9.17, 15) is 0 Å². The fraction of sp³-hybridized carbons (Fsp3) is 0.0588. The summed E-state index contributed by atoms with van der Waals surface area (Å²) in [5.74, 6) is 0. The third kappa shape index (κ3) is 1.99. The molecule has 102 valence electrons. The summed E-state index contributed by atoms with van der Waals surface area (Å²) >= 11 is 1.66. The van der Waals surface area contributed by atoms with Crippen molar-refractivity contribution in [2.45, 2.75) is 5.03 Å².